The Labute approximate surface area is 127 Å². The highest BCUT2D eigenvalue weighted by Crippen LogP contribution is 2.27. The van der Waals surface area contributed by atoms with E-state index in [0.29, 0.717) is 33.9 Å². The molecule has 4 nitrogen and oxygen atoms in total. The second-order valence-corrected chi connectivity index (χ2v) is 5.04. The number of hydrogen-bond donors (Lipinski definition) is 1. The molecular weight excluding hydrogens is 281 g/mol. The Balaban J connectivity index is 2.25. The quantitative estimate of drug-likeness (QED) is 0.866. The summed E-state index contributed by atoms with van der Waals surface area (Å²) in [6, 6.07) is 11.5. The van der Waals surface area contributed by atoms with Gasteiger partial charge in [-0.2, -0.15) is 0 Å². The first-order valence-electron chi connectivity index (χ1n) is 6.84. The largest absolute Gasteiger partial charge is 0.386 e. The summed E-state index contributed by atoms with van der Waals surface area (Å²) in [6.07, 6.45) is 0. The molecule has 1 heterocycles. The van der Waals surface area contributed by atoms with Gasteiger partial charge < -0.3 is 5.73 Å². The number of Topliss-reactive ketones (excluding diaryl/α,β-unsaturated/α-hetero) is 1. The number of fused-ring (bicyclic) bond motifs is 1. The summed E-state index contributed by atoms with van der Waals surface area (Å²) >= 11 is 0. The lowest BCUT2D eigenvalue weighted by atomic mass is 9.97. The van der Waals surface area contributed by atoms with Crippen LogP contribution in [0, 0.1) is 5.82 Å². The number of amidine groups is 1. The minimum Gasteiger partial charge on any atom is -0.386 e. The lowest BCUT2D eigenvalue weighted by Crippen LogP contribution is -2.15. The van der Waals surface area contributed by atoms with E-state index in [1.807, 2.05) is 0 Å². The van der Waals surface area contributed by atoms with Gasteiger partial charge >= 0.3 is 0 Å². The van der Waals surface area contributed by atoms with Crippen LogP contribution in [0.25, 0.3) is 0 Å². The molecular formula is C17H14FN3O. The average Bonchev–Trinajstić information content (AvgIpc) is 2.65. The highest BCUT2D eigenvalue weighted by molar-refractivity contribution is 6.18. The van der Waals surface area contributed by atoms with Gasteiger partial charge in [0, 0.05) is 16.7 Å². The third kappa shape index (κ3) is 2.53. The van der Waals surface area contributed by atoms with Crippen molar-refractivity contribution < 1.29 is 9.18 Å². The van der Waals surface area contributed by atoms with E-state index in [-0.39, 0.29) is 18.1 Å². The van der Waals surface area contributed by atoms with E-state index >= 15 is 0 Å². The molecule has 0 atom stereocenters. The molecule has 0 amide bonds. The Morgan fingerprint density at radius 3 is 2.68 bits per heavy atom. The van der Waals surface area contributed by atoms with Crippen LogP contribution in [0.15, 0.2) is 52.4 Å². The fourth-order valence-electron chi connectivity index (χ4n) is 2.36. The monoisotopic (exact) mass is 295 g/mol. The number of ketones is 1. The number of nitrogens with zero attached hydrogens (tertiary/aromatic N) is 2. The fourth-order valence-corrected chi connectivity index (χ4v) is 2.36. The fraction of sp³-hybridized carbons (Fsp3) is 0.118. The number of rotatable bonds is 2. The van der Waals surface area contributed by atoms with Crippen molar-refractivity contribution in [2.24, 2.45) is 15.7 Å². The first-order chi connectivity index (χ1) is 10.6. The van der Waals surface area contributed by atoms with Crippen LogP contribution in [0.1, 0.15) is 28.4 Å². The zero-order valence-electron chi connectivity index (χ0n) is 12.0. The molecule has 2 aromatic carbocycles. The van der Waals surface area contributed by atoms with Crippen molar-refractivity contribution in [3.8, 4) is 0 Å². The number of carbonyl (C=O) groups excluding carboxylic acids is 1. The maximum Gasteiger partial charge on any atom is 0.159 e. The molecule has 2 N–H and O–H groups in total. The predicted octanol–water partition coefficient (Wildman–Crippen LogP) is 2.87. The van der Waals surface area contributed by atoms with Crippen LogP contribution >= 0.6 is 0 Å². The number of hydrogen-bond acceptors (Lipinski definition) is 4. The molecule has 0 bridgehead atoms. The summed E-state index contributed by atoms with van der Waals surface area (Å²) in [7, 11) is 0. The number of benzene rings is 2. The molecule has 0 saturated carbocycles. The van der Waals surface area contributed by atoms with Gasteiger partial charge in [-0.25, -0.2) is 9.38 Å². The number of carbonyl (C=O) groups is 1. The van der Waals surface area contributed by atoms with Gasteiger partial charge in [0.2, 0.25) is 0 Å². The van der Waals surface area contributed by atoms with Crippen molar-refractivity contribution in [1.29, 1.82) is 0 Å². The molecule has 22 heavy (non-hydrogen) atoms. The van der Waals surface area contributed by atoms with Crippen LogP contribution < -0.4 is 5.73 Å². The average molecular weight is 295 g/mol. The van der Waals surface area contributed by atoms with Crippen molar-refractivity contribution in [2.45, 2.75) is 6.92 Å². The van der Waals surface area contributed by atoms with Gasteiger partial charge in [-0.3, -0.25) is 9.79 Å². The van der Waals surface area contributed by atoms with Gasteiger partial charge in [0.25, 0.3) is 0 Å². The van der Waals surface area contributed by atoms with Gasteiger partial charge in [-0.15, -0.1) is 0 Å². The molecule has 0 aromatic heterocycles. The van der Waals surface area contributed by atoms with Crippen molar-refractivity contribution >= 4 is 23.0 Å². The number of aliphatic imine (C=N–C) groups is 2. The zero-order valence-corrected chi connectivity index (χ0v) is 12.0. The maximum absolute atomic E-state index is 14.1. The predicted molar refractivity (Wildman–Crippen MR) is 84.6 cm³/mol. The third-order valence-corrected chi connectivity index (χ3v) is 3.45. The van der Waals surface area contributed by atoms with Crippen molar-refractivity contribution in [1.82, 2.24) is 0 Å². The van der Waals surface area contributed by atoms with Gasteiger partial charge in [-0.05, 0) is 37.3 Å². The Bertz CT molecular complexity index is 824. The second kappa shape index (κ2) is 5.52. The molecule has 1 aliphatic heterocycles. The molecule has 5 heteroatoms. The molecule has 0 saturated heterocycles. The van der Waals surface area contributed by atoms with Crippen molar-refractivity contribution in [3.63, 3.8) is 0 Å². The standard InChI is InChI=1S/C17H14FN3O/c1-10(22)11-6-7-15-13(8-11)17(20-9-16(19)21-15)12-4-2-3-5-14(12)18/h2-8H,9H2,1H3,(H2,19,21). The summed E-state index contributed by atoms with van der Waals surface area (Å²) in [5.41, 5.74) is 8.36. The summed E-state index contributed by atoms with van der Waals surface area (Å²) in [5.74, 6) is -0.0963. The topological polar surface area (TPSA) is 67.8 Å². The zero-order chi connectivity index (χ0) is 15.7. The molecule has 110 valence electrons. The summed E-state index contributed by atoms with van der Waals surface area (Å²) in [5, 5.41) is 0. The van der Waals surface area contributed by atoms with Gasteiger partial charge in [0.05, 0.1) is 17.9 Å². The second-order valence-electron chi connectivity index (χ2n) is 5.04. The first-order valence-corrected chi connectivity index (χ1v) is 6.84. The Kier molecular flexibility index (Phi) is 3.55. The molecule has 0 aliphatic carbocycles. The first kappa shape index (κ1) is 14.1. The van der Waals surface area contributed by atoms with E-state index < -0.39 is 0 Å². The third-order valence-electron chi connectivity index (χ3n) is 3.45. The molecule has 3 rings (SSSR count). The molecule has 0 fully saturated rings. The maximum atomic E-state index is 14.1. The van der Waals surface area contributed by atoms with E-state index in [9.17, 15) is 9.18 Å². The summed E-state index contributed by atoms with van der Waals surface area (Å²) in [6.45, 7) is 1.67. The van der Waals surface area contributed by atoms with Crippen LogP contribution in [0.2, 0.25) is 0 Å². The van der Waals surface area contributed by atoms with Crippen LogP contribution in [-0.4, -0.2) is 23.9 Å². The van der Waals surface area contributed by atoms with Crippen LogP contribution in [-0.2, 0) is 0 Å². The molecule has 0 spiro atoms. The van der Waals surface area contributed by atoms with E-state index in [4.69, 9.17) is 5.73 Å². The van der Waals surface area contributed by atoms with E-state index in [1.54, 1.807) is 36.4 Å². The van der Waals surface area contributed by atoms with Crippen molar-refractivity contribution in [3.05, 3.63) is 65.0 Å². The molecule has 0 unspecified atom stereocenters. The highest BCUT2D eigenvalue weighted by Gasteiger charge is 2.19. The van der Waals surface area contributed by atoms with Crippen molar-refractivity contribution in [2.75, 3.05) is 6.54 Å². The lowest BCUT2D eigenvalue weighted by Gasteiger charge is -2.10. The molecule has 2 aromatic rings. The molecule has 1 aliphatic rings. The Morgan fingerprint density at radius 2 is 1.95 bits per heavy atom. The van der Waals surface area contributed by atoms with Crippen LogP contribution in [0.4, 0.5) is 10.1 Å². The normalized spacial score (nSPS) is 13.7. The van der Waals surface area contributed by atoms with Crippen LogP contribution in [0.3, 0.4) is 0 Å². The molecule has 0 radical (unpaired) electrons. The van der Waals surface area contributed by atoms with Crippen LogP contribution in [0.5, 0.6) is 0 Å². The minimum atomic E-state index is -0.374. The van der Waals surface area contributed by atoms with Gasteiger partial charge in [0.1, 0.15) is 11.7 Å². The number of nitrogens with two attached hydrogens (primary N) is 1. The van der Waals surface area contributed by atoms with E-state index in [1.165, 1.54) is 13.0 Å². The summed E-state index contributed by atoms with van der Waals surface area (Å²) < 4.78 is 14.1. The Morgan fingerprint density at radius 1 is 1.18 bits per heavy atom. The van der Waals surface area contributed by atoms with E-state index in [0.717, 1.165) is 0 Å². The smallest absolute Gasteiger partial charge is 0.159 e. The SMILES string of the molecule is CC(=O)c1ccc2c(c1)C(c1ccccc1F)=NCC(N)=N2. The number of halogens is 1. The summed E-state index contributed by atoms with van der Waals surface area (Å²) in [4.78, 5) is 20.3. The highest BCUT2D eigenvalue weighted by atomic mass is 19.1. The lowest BCUT2D eigenvalue weighted by molar-refractivity contribution is 0.101. The van der Waals surface area contributed by atoms with Gasteiger partial charge in [0.15, 0.2) is 5.78 Å². The van der Waals surface area contributed by atoms with E-state index in [2.05, 4.69) is 9.98 Å². The Hall–Kier alpha value is -2.82. The van der Waals surface area contributed by atoms with Gasteiger partial charge in [-0.1, -0.05) is 12.1 Å². The minimum absolute atomic E-state index is 0.0723.